The van der Waals surface area contributed by atoms with Crippen molar-refractivity contribution < 1.29 is 4.74 Å². The molecule has 4 rings (SSSR count). The van der Waals surface area contributed by atoms with Gasteiger partial charge in [-0.2, -0.15) is 20.1 Å². The maximum Gasteiger partial charge on any atom is 0.250 e. The molecule has 0 bridgehead atoms. The molecule has 2 aromatic carbocycles. The third-order valence-electron chi connectivity index (χ3n) is 4.20. The van der Waals surface area contributed by atoms with Gasteiger partial charge in [-0.3, -0.25) is 0 Å². The van der Waals surface area contributed by atoms with Gasteiger partial charge < -0.3 is 15.0 Å². The molecule has 0 spiro atoms. The first-order valence-electron chi connectivity index (χ1n) is 9.22. The normalized spacial score (nSPS) is 14.2. The lowest BCUT2D eigenvalue weighted by Crippen LogP contribution is -2.37. The Morgan fingerprint density at radius 2 is 1.66 bits per heavy atom. The number of benzene rings is 2. The first-order valence-corrected chi connectivity index (χ1v) is 10.3. The van der Waals surface area contributed by atoms with Gasteiger partial charge in [0.05, 0.1) is 19.4 Å². The van der Waals surface area contributed by atoms with Crippen molar-refractivity contribution in [1.29, 1.82) is 0 Å². The third-order valence-corrected chi connectivity index (χ3v) is 4.91. The number of rotatable bonds is 6. The fourth-order valence-electron chi connectivity index (χ4n) is 2.74. The van der Waals surface area contributed by atoms with Crippen LogP contribution in [-0.4, -0.2) is 47.5 Å². The summed E-state index contributed by atoms with van der Waals surface area (Å²) in [4.78, 5) is 15.6. The van der Waals surface area contributed by atoms with Gasteiger partial charge in [0.25, 0.3) is 0 Å². The highest BCUT2D eigenvalue weighted by atomic mass is 127. The van der Waals surface area contributed by atoms with Crippen molar-refractivity contribution in [2.45, 2.75) is 0 Å². The summed E-state index contributed by atoms with van der Waals surface area (Å²) < 4.78 is 6.61. The van der Waals surface area contributed by atoms with E-state index in [1.807, 2.05) is 54.6 Å². The fraction of sp³-hybridized carbons (Fsp3) is 0.200. The van der Waals surface area contributed by atoms with Crippen molar-refractivity contribution in [1.82, 2.24) is 15.0 Å². The van der Waals surface area contributed by atoms with E-state index in [1.54, 1.807) is 6.21 Å². The number of anilines is 4. The first kappa shape index (κ1) is 19.5. The summed E-state index contributed by atoms with van der Waals surface area (Å²) >= 11 is 2.27. The average molecular weight is 501 g/mol. The van der Waals surface area contributed by atoms with E-state index in [1.165, 1.54) is 3.57 Å². The van der Waals surface area contributed by atoms with Crippen LogP contribution in [0.25, 0.3) is 0 Å². The minimum absolute atomic E-state index is 0.377. The lowest BCUT2D eigenvalue weighted by Gasteiger charge is -2.27. The van der Waals surface area contributed by atoms with Gasteiger partial charge in [-0.05, 0) is 52.4 Å². The molecule has 0 amide bonds. The van der Waals surface area contributed by atoms with E-state index in [4.69, 9.17) is 4.74 Å². The third kappa shape index (κ3) is 5.61. The minimum Gasteiger partial charge on any atom is -0.378 e. The molecule has 0 radical (unpaired) electrons. The number of hydrogen-bond acceptors (Lipinski definition) is 8. The molecule has 1 fully saturated rings. The van der Waals surface area contributed by atoms with Crippen LogP contribution < -0.4 is 15.6 Å². The summed E-state index contributed by atoms with van der Waals surface area (Å²) in [5.41, 5.74) is 4.81. The Hall–Kier alpha value is -2.79. The number of nitrogens with one attached hydrogen (secondary N) is 2. The van der Waals surface area contributed by atoms with Gasteiger partial charge in [0.1, 0.15) is 0 Å². The maximum absolute atomic E-state index is 5.43. The highest BCUT2D eigenvalue weighted by Gasteiger charge is 2.16. The van der Waals surface area contributed by atoms with Crippen molar-refractivity contribution >= 4 is 52.3 Å². The topological polar surface area (TPSA) is 87.6 Å². The smallest absolute Gasteiger partial charge is 0.250 e. The van der Waals surface area contributed by atoms with Crippen molar-refractivity contribution in [2.24, 2.45) is 5.10 Å². The Kier molecular flexibility index (Phi) is 6.47. The number of nitrogens with zero attached hydrogens (tertiary/aromatic N) is 5. The van der Waals surface area contributed by atoms with E-state index in [0.717, 1.165) is 24.3 Å². The van der Waals surface area contributed by atoms with Crippen LogP contribution in [0.5, 0.6) is 0 Å². The van der Waals surface area contributed by atoms with Crippen LogP contribution in [0.4, 0.5) is 23.5 Å². The van der Waals surface area contributed by atoms with E-state index in [-0.39, 0.29) is 0 Å². The van der Waals surface area contributed by atoms with Crippen molar-refractivity contribution in [3.63, 3.8) is 0 Å². The van der Waals surface area contributed by atoms with E-state index in [2.05, 4.69) is 58.3 Å². The number of hydrogen-bond donors (Lipinski definition) is 2. The zero-order chi connectivity index (χ0) is 19.9. The molecule has 0 aliphatic carbocycles. The number of morpholine rings is 1. The summed E-state index contributed by atoms with van der Waals surface area (Å²) in [6, 6.07) is 17.9. The Balaban J connectivity index is 1.55. The van der Waals surface area contributed by atoms with Gasteiger partial charge >= 0.3 is 0 Å². The van der Waals surface area contributed by atoms with Crippen molar-refractivity contribution in [3.05, 3.63) is 63.7 Å². The Labute approximate surface area is 182 Å². The Morgan fingerprint density at radius 1 is 0.931 bits per heavy atom. The molecule has 8 nitrogen and oxygen atoms in total. The van der Waals surface area contributed by atoms with Gasteiger partial charge in [0, 0.05) is 22.3 Å². The lowest BCUT2D eigenvalue weighted by atomic mass is 10.2. The van der Waals surface area contributed by atoms with Crippen molar-refractivity contribution in [2.75, 3.05) is 41.9 Å². The summed E-state index contributed by atoms with van der Waals surface area (Å²) in [5.74, 6) is 1.43. The van der Waals surface area contributed by atoms with Crippen LogP contribution in [0.1, 0.15) is 5.56 Å². The second-order valence-electron chi connectivity index (χ2n) is 6.29. The number of aromatic nitrogens is 3. The summed E-state index contributed by atoms with van der Waals surface area (Å²) in [7, 11) is 0. The number of ether oxygens (including phenoxy) is 1. The molecule has 0 unspecified atom stereocenters. The average Bonchev–Trinajstić information content (AvgIpc) is 2.76. The molecule has 9 heteroatoms. The lowest BCUT2D eigenvalue weighted by molar-refractivity contribution is 0.122. The van der Waals surface area contributed by atoms with Gasteiger partial charge in [-0.15, -0.1) is 0 Å². The van der Waals surface area contributed by atoms with E-state index in [0.29, 0.717) is 31.1 Å². The van der Waals surface area contributed by atoms with Crippen LogP contribution in [0.2, 0.25) is 0 Å². The van der Waals surface area contributed by atoms with Gasteiger partial charge in [0.15, 0.2) is 0 Å². The maximum atomic E-state index is 5.43. The van der Waals surface area contributed by atoms with Crippen LogP contribution in [0.15, 0.2) is 59.7 Å². The molecule has 2 N–H and O–H groups in total. The largest absolute Gasteiger partial charge is 0.378 e. The second-order valence-corrected chi connectivity index (χ2v) is 7.54. The van der Waals surface area contributed by atoms with Gasteiger partial charge in [-0.1, -0.05) is 30.3 Å². The molecular formula is C20H20IN7O. The number of hydrazone groups is 1. The molecular weight excluding hydrogens is 481 g/mol. The molecule has 1 aliphatic heterocycles. The van der Waals surface area contributed by atoms with Gasteiger partial charge in [0.2, 0.25) is 17.8 Å². The summed E-state index contributed by atoms with van der Waals surface area (Å²) in [6.45, 7) is 2.78. The molecule has 1 saturated heterocycles. The number of halogens is 1. The fourth-order valence-corrected chi connectivity index (χ4v) is 3.10. The first-order chi connectivity index (χ1) is 14.3. The van der Waals surface area contributed by atoms with Crippen LogP contribution in [0.3, 0.4) is 0 Å². The standard InChI is InChI=1S/C20H20IN7O/c21-16-8-6-15(7-9-16)14-22-27-19-24-18(23-17-4-2-1-3-5-17)25-20(26-19)28-10-12-29-13-11-28/h1-9,14H,10-13H2,(H2,23,24,25,26,27)/b22-14-. The molecule has 1 aliphatic rings. The van der Waals surface area contributed by atoms with E-state index >= 15 is 0 Å². The predicted molar refractivity (Wildman–Crippen MR) is 123 cm³/mol. The van der Waals surface area contributed by atoms with E-state index in [9.17, 15) is 0 Å². The van der Waals surface area contributed by atoms with Crippen LogP contribution in [-0.2, 0) is 4.74 Å². The Bertz CT molecular complexity index is 960. The van der Waals surface area contributed by atoms with Crippen LogP contribution >= 0.6 is 22.6 Å². The molecule has 148 valence electrons. The molecule has 3 aromatic rings. The zero-order valence-corrected chi connectivity index (χ0v) is 17.8. The zero-order valence-electron chi connectivity index (χ0n) is 15.6. The molecule has 2 heterocycles. The second kappa shape index (κ2) is 9.61. The molecule has 29 heavy (non-hydrogen) atoms. The quantitative estimate of drug-likeness (QED) is 0.304. The highest BCUT2D eigenvalue weighted by Crippen LogP contribution is 2.18. The van der Waals surface area contributed by atoms with Gasteiger partial charge in [-0.25, -0.2) is 5.43 Å². The van der Waals surface area contributed by atoms with E-state index < -0.39 is 0 Å². The Morgan fingerprint density at radius 3 is 2.41 bits per heavy atom. The molecule has 0 saturated carbocycles. The highest BCUT2D eigenvalue weighted by molar-refractivity contribution is 14.1. The monoisotopic (exact) mass is 501 g/mol. The summed E-state index contributed by atoms with van der Waals surface area (Å²) in [5, 5.41) is 7.50. The molecule has 0 atom stereocenters. The number of para-hydroxylation sites is 1. The predicted octanol–water partition coefficient (Wildman–Crippen LogP) is 3.50. The minimum atomic E-state index is 0.377. The summed E-state index contributed by atoms with van der Waals surface area (Å²) in [6.07, 6.45) is 1.73. The van der Waals surface area contributed by atoms with Crippen LogP contribution in [0, 0.1) is 3.57 Å². The SMILES string of the molecule is Ic1ccc(/C=N\Nc2nc(Nc3ccccc3)nc(N3CCOCC3)n2)cc1. The van der Waals surface area contributed by atoms with Crippen molar-refractivity contribution in [3.8, 4) is 0 Å². The molecule has 1 aromatic heterocycles.